The van der Waals surface area contributed by atoms with Crippen LogP contribution in [0.4, 0.5) is 4.79 Å². The fourth-order valence-electron chi connectivity index (χ4n) is 2.40. The summed E-state index contributed by atoms with van der Waals surface area (Å²) in [6.45, 7) is 9.89. The lowest BCUT2D eigenvalue weighted by molar-refractivity contribution is -0.150. The number of aryl methyl sites for hydroxylation is 1. The van der Waals surface area contributed by atoms with Gasteiger partial charge in [0.25, 0.3) is 5.91 Å². The van der Waals surface area contributed by atoms with E-state index in [0.717, 1.165) is 12.0 Å². The Morgan fingerprint density at radius 1 is 1.07 bits per heavy atom. The molecule has 0 heterocycles. The zero-order chi connectivity index (χ0) is 20.4. The Kier molecular flexibility index (Phi) is 9.33. The van der Waals surface area contributed by atoms with Crippen LogP contribution >= 0.6 is 0 Å². The van der Waals surface area contributed by atoms with Crippen molar-refractivity contribution >= 4 is 17.9 Å². The first-order valence-electron chi connectivity index (χ1n) is 9.15. The van der Waals surface area contributed by atoms with E-state index in [2.05, 4.69) is 24.5 Å². The molecular formula is C20H30N2O5. The molecule has 1 aromatic carbocycles. The minimum atomic E-state index is -0.692. The molecular weight excluding hydrogens is 348 g/mol. The summed E-state index contributed by atoms with van der Waals surface area (Å²) in [4.78, 5) is 34.8. The van der Waals surface area contributed by atoms with Gasteiger partial charge in [0, 0.05) is 6.54 Å². The maximum Gasteiger partial charge on any atom is 0.344 e. The second-order valence-corrected chi connectivity index (χ2v) is 7.11. The lowest BCUT2D eigenvalue weighted by atomic mass is 9.98. The molecule has 0 atom stereocenters. The van der Waals surface area contributed by atoms with E-state index < -0.39 is 24.5 Å². The summed E-state index contributed by atoms with van der Waals surface area (Å²) in [5, 5.41) is 4.66. The molecule has 0 saturated carbocycles. The van der Waals surface area contributed by atoms with E-state index >= 15 is 0 Å². The summed E-state index contributed by atoms with van der Waals surface area (Å²) in [5.74, 6) is 0.0405. The van der Waals surface area contributed by atoms with Crippen LogP contribution < -0.4 is 15.4 Å². The van der Waals surface area contributed by atoms with Crippen LogP contribution in [0.15, 0.2) is 18.2 Å². The van der Waals surface area contributed by atoms with Crippen LogP contribution in [0.1, 0.15) is 51.2 Å². The first kappa shape index (κ1) is 22.5. The van der Waals surface area contributed by atoms with Gasteiger partial charge in [-0.05, 0) is 48.4 Å². The first-order valence-corrected chi connectivity index (χ1v) is 9.15. The van der Waals surface area contributed by atoms with Crippen LogP contribution in [0.5, 0.6) is 5.75 Å². The summed E-state index contributed by atoms with van der Waals surface area (Å²) in [6, 6.07) is 5.01. The van der Waals surface area contributed by atoms with Crippen LogP contribution in [0.3, 0.4) is 0 Å². The third-order valence-electron chi connectivity index (χ3n) is 3.84. The summed E-state index contributed by atoms with van der Waals surface area (Å²) >= 11 is 0. The number of hydrogen-bond donors (Lipinski definition) is 2. The molecule has 0 aliphatic rings. The minimum absolute atomic E-state index is 0.311. The van der Waals surface area contributed by atoms with Gasteiger partial charge in [0.15, 0.2) is 13.2 Å². The van der Waals surface area contributed by atoms with Gasteiger partial charge in [-0.2, -0.15) is 0 Å². The molecule has 2 N–H and O–H groups in total. The Bertz CT molecular complexity index is 656. The standard InChI is InChI=1S/C20H30N2O5/c1-13(2)8-9-21-20(25)22-18(23)11-27-19(24)12-26-16-6-7-17(14(3)4)15(5)10-16/h6-7,10,13-14H,8-9,11-12H2,1-5H3,(H2,21,22,23,25). The lowest BCUT2D eigenvalue weighted by Crippen LogP contribution is -2.42. The molecule has 7 nitrogen and oxygen atoms in total. The maximum absolute atomic E-state index is 11.7. The van der Waals surface area contributed by atoms with Gasteiger partial charge in [0.05, 0.1) is 0 Å². The first-order chi connectivity index (χ1) is 12.7. The number of benzene rings is 1. The molecule has 1 aromatic rings. The van der Waals surface area contributed by atoms with Gasteiger partial charge in [0.1, 0.15) is 5.75 Å². The second-order valence-electron chi connectivity index (χ2n) is 7.11. The number of hydrogen-bond acceptors (Lipinski definition) is 5. The lowest BCUT2D eigenvalue weighted by Gasteiger charge is -2.12. The Hall–Kier alpha value is -2.57. The topological polar surface area (TPSA) is 93.7 Å². The highest BCUT2D eigenvalue weighted by atomic mass is 16.6. The van der Waals surface area contributed by atoms with Crippen molar-refractivity contribution in [2.75, 3.05) is 19.8 Å². The quantitative estimate of drug-likeness (QED) is 0.645. The normalized spacial score (nSPS) is 10.6. The Morgan fingerprint density at radius 2 is 1.78 bits per heavy atom. The highest BCUT2D eigenvalue weighted by Gasteiger charge is 2.12. The number of carbonyl (C=O) groups is 3. The number of carbonyl (C=O) groups excluding carboxylic acids is 3. The fourth-order valence-corrected chi connectivity index (χ4v) is 2.40. The number of rotatable bonds is 9. The number of imide groups is 1. The van der Waals surface area contributed by atoms with Crippen molar-refractivity contribution in [3.63, 3.8) is 0 Å². The monoisotopic (exact) mass is 378 g/mol. The molecule has 150 valence electrons. The van der Waals surface area contributed by atoms with Crippen LogP contribution in [0.25, 0.3) is 0 Å². The molecule has 0 fully saturated rings. The summed E-state index contributed by atoms with van der Waals surface area (Å²) < 4.78 is 10.2. The molecule has 0 spiro atoms. The predicted molar refractivity (Wildman–Crippen MR) is 103 cm³/mol. The number of nitrogens with one attached hydrogen (secondary N) is 2. The van der Waals surface area contributed by atoms with Gasteiger partial charge in [-0.1, -0.05) is 33.8 Å². The average molecular weight is 378 g/mol. The van der Waals surface area contributed by atoms with Gasteiger partial charge >= 0.3 is 12.0 Å². The van der Waals surface area contributed by atoms with Crippen molar-refractivity contribution in [2.45, 2.75) is 47.0 Å². The van der Waals surface area contributed by atoms with Crippen molar-refractivity contribution in [1.29, 1.82) is 0 Å². The van der Waals surface area contributed by atoms with E-state index in [1.54, 1.807) is 6.07 Å². The van der Waals surface area contributed by atoms with Crippen molar-refractivity contribution in [1.82, 2.24) is 10.6 Å². The molecule has 0 aliphatic heterocycles. The SMILES string of the molecule is Cc1cc(OCC(=O)OCC(=O)NC(=O)NCCC(C)C)ccc1C(C)C. The van der Waals surface area contributed by atoms with Crippen molar-refractivity contribution in [2.24, 2.45) is 5.92 Å². The van der Waals surface area contributed by atoms with E-state index in [-0.39, 0.29) is 6.61 Å². The van der Waals surface area contributed by atoms with E-state index in [9.17, 15) is 14.4 Å². The fraction of sp³-hybridized carbons (Fsp3) is 0.550. The van der Waals surface area contributed by atoms with Gasteiger partial charge in [-0.3, -0.25) is 10.1 Å². The Balaban J connectivity index is 2.29. The maximum atomic E-state index is 11.7. The smallest absolute Gasteiger partial charge is 0.344 e. The molecule has 0 saturated heterocycles. The average Bonchev–Trinajstić information content (AvgIpc) is 2.57. The number of urea groups is 1. The molecule has 27 heavy (non-hydrogen) atoms. The summed E-state index contributed by atoms with van der Waals surface area (Å²) in [6.07, 6.45) is 0.811. The molecule has 0 radical (unpaired) electrons. The van der Waals surface area contributed by atoms with Crippen LogP contribution in [-0.2, 0) is 14.3 Å². The van der Waals surface area contributed by atoms with Gasteiger partial charge in [0.2, 0.25) is 0 Å². The molecule has 0 aliphatic carbocycles. The minimum Gasteiger partial charge on any atom is -0.482 e. The molecule has 0 unspecified atom stereocenters. The highest BCUT2D eigenvalue weighted by Crippen LogP contribution is 2.23. The zero-order valence-corrected chi connectivity index (χ0v) is 16.8. The Morgan fingerprint density at radius 3 is 2.37 bits per heavy atom. The molecule has 0 aromatic heterocycles. The second kappa shape index (κ2) is 11.2. The molecule has 3 amide bonds. The van der Waals surface area contributed by atoms with Crippen molar-refractivity contribution in [3.8, 4) is 5.75 Å². The predicted octanol–water partition coefficient (Wildman–Crippen LogP) is 2.91. The number of amides is 3. The van der Waals surface area contributed by atoms with Gasteiger partial charge in [-0.25, -0.2) is 9.59 Å². The Labute approximate surface area is 160 Å². The largest absolute Gasteiger partial charge is 0.482 e. The number of esters is 1. The highest BCUT2D eigenvalue weighted by molar-refractivity contribution is 5.95. The third kappa shape index (κ3) is 9.08. The van der Waals surface area contributed by atoms with Crippen molar-refractivity contribution in [3.05, 3.63) is 29.3 Å². The van der Waals surface area contributed by atoms with Gasteiger partial charge < -0.3 is 14.8 Å². The zero-order valence-electron chi connectivity index (χ0n) is 16.8. The van der Waals surface area contributed by atoms with Gasteiger partial charge in [-0.15, -0.1) is 0 Å². The molecule has 7 heteroatoms. The third-order valence-corrected chi connectivity index (χ3v) is 3.84. The van der Waals surface area contributed by atoms with E-state index in [4.69, 9.17) is 9.47 Å². The van der Waals surface area contributed by atoms with Crippen LogP contribution in [0.2, 0.25) is 0 Å². The molecule has 1 rings (SSSR count). The van der Waals surface area contributed by atoms with E-state index in [0.29, 0.717) is 24.1 Å². The number of ether oxygens (including phenoxy) is 2. The van der Waals surface area contributed by atoms with Crippen LogP contribution in [0, 0.1) is 12.8 Å². The van der Waals surface area contributed by atoms with Crippen molar-refractivity contribution < 1.29 is 23.9 Å². The van der Waals surface area contributed by atoms with Crippen LogP contribution in [-0.4, -0.2) is 37.7 Å². The van der Waals surface area contributed by atoms with E-state index in [1.807, 2.05) is 32.9 Å². The summed E-state index contributed by atoms with van der Waals surface area (Å²) in [5.41, 5.74) is 2.30. The van der Waals surface area contributed by atoms with E-state index in [1.165, 1.54) is 5.56 Å². The molecule has 0 bridgehead atoms. The summed E-state index contributed by atoms with van der Waals surface area (Å²) in [7, 11) is 0.